The average Bonchev–Trinajstić information content (AvgIpc) is 2.37. The van der Waals surface area contributed by atoms with Crippen LogP contribution in [0, 0.1) is 5.95 Å². The zero-order valence-electron chi connectivity index (χ0n) is 11.6. The molecule has 1 heterocycles. The van der Waals surface area contributed by atoms with Crippen LogP contribution in [-0.2, 0) is 6.42 Å². The second-order valence-corrected chi connectivity index (χ2v) is 4.93. The van der Waals surface area contributed by atoms with E-state index in [9.17, 15) is 4.39 Å². The minimum Gasteiger partial charge on any atom is -0.423 e. The van der Waals surface area contributed by atoms with Gasteiger partial charge in [0.1, 0.15) is 0 Å². The Balaban J connectivity index is 2.25. The van der Waals surface area contributed by atoms with Gasteiger partial charge in [0.05, 0.1) is 0 Å². The van der Waals surface area contributed by atoms with Crippen molar-refractivity contribution in [3.8, 4) is 0 Å². The van der Waals surface area contributed by atoms with Crippen LogP contribution in [0.1, 0.15) is 57.6 Å². The van der Waals surface area contributed by atoms with E-state index in [4.69, 9.17) is 10.0 Å². The summed E-state index contributed by atoms with van der Waals surface area (Å²) in [4.78, 5) is 3.75. The van der Waals surface area contributed by atoms with E-state index in [-0.39, 0.29) is 5.46 Å². The molecule has 106 valence electrons. The molecule has 5 heteroatoms. The van der Waals surface area contributed by atoms with Crippen molar-refractivity contribution in [3.05, 3.63) is 23.8 Å². The van der Waals surface area contributed by atoms with E-state index in [1.807, 2.05) is 0 Å². The zero-order chi connectivity index (χ0) is 14.1. The minimum absolute atomic E-state index is 0.164. The van der Waals surface area contributed by atoms with Gasteiger partial charge < -0.3 is 10.0 Å². The van der Waals surface area contributed by atoms with Gasteiger partial charge in [0.2, 0.25) is 5.95 Å². The first-order valence-corrected chi connectivity index (χ1v) is 7.16. The molecule has 0 fully saturated rings. The Morgan fingerprint density at radius 2 is 1.68 bits per heavy atom. The Hall–Kier alpha value is -0.935. The van der Waals surface area contributed by atoms with Gasteiger partial charge in [-0.2, -0.15) is 4.39 Å². The largest absolute Gasteiger partial charge is 0.493 e. The molecular weight excluding hydrogens is 244 g/mol. The van der Waals surface area contributed by atoms with Crippen LogP contribution in [0.3, 0.4) is 0 Å². The number of rotatable bonds is 9. The number of hydrogen-bond donors (Lipinski definition) is 2. The van der Waals surface area contributed by atoms with Crippen LogP contribution in [-0.4, -0.2) is 22.2 Å². The Kier molecular flexibility index (Phi) is 7.67. The Labute approximate surface area is 115 Å². The van der Waals surface area contributed by atoms with Crippen molar-refractivity contribution in [2.24, 2.45) is 0 Å². The fraction of sp³-hybridized carbons (Fsp3) is 0.643. The smallest absolute Gasteiger partial charge is 0.423 e. The van der Waals surface area contributed by atoms with Crippen LogP contribution in [0.4, 0.5) is 4.39 Å². The second-order valence-electron chi connectivity index (χ2n) is 4.93. The van der Waals surface area contributed by atoms with Gasteiger partial charge >= 0.3 is 7.12 Å². The maximum Gasteiger partial charge on any atom is 0.493 e. The predicted octanol–water partition coefficient (Wildman–Crippen LogP) is 2.19. The molecule has 0 aliphatic heterocycles. The lowest BCUT2D eigenvalue weighted by atomic mass is 9.81. The van der Waals surface area contributed by atoms with Gasteiger partial charge in [0.15, 0.2) is 0 Å². The molecule has 2 N–H and O–H groups in total. The highest BCUT2D eigenvalue weighted by Crippen LogP contribution is 2.09. The van der Waals surface area contributed by atoms with Crippen molar-refractivity contribution in [1.82, 2.24) is 4.98 Å². The summed E-state index contributed by atoms with van der Waals surface area (Å²) in [5.41, 5.74) is 0.513. The van der Waals surface area contributed by atoms with E-state index in [1.165, 1.54) is 38.2 Å². The maximum atomic E-state index is 13.4. The monoisotopic (exact) mass is 267 g/mol. The summed E-state index contributed by atoms with van der Waals surface area (Å²) in [7, 11) is -1.79. The fourth-order valence-corrected chi connectivity index (χ4v) is 2.08. The van der Waals surface area contributed by atoms with E-state index >= 15 is 0 Å². The molecule has 0 aliphatic rings. The predicted molar refractivity (Wildman–Crippen MR) is 75.7 cm³/mol. The Morgan fingerprint density at radius 3 is 2.26 bits per heavy atom. The summed E-state index contributed by atoms with van der Waals surface area (Å²) in [6.07, 6.45) is 9.22. The minimum atomic E-state index is -1.79. The number of hydrogen-bond acceptors (Lipinski definition) is 3. The quantitative estimate of drug-likeness (QED) is 0.409. The van der Waals surface area contributed by atoms with E-state index in [0.29, 0.717) is 5.69 Å². The van der Waals surface area contributed by atoms with Gasteiger partial charge in [-0.25, -0.2) is 4.98 Å². The first-order chi connectivity index (χ1) is 9.15. The number of unbranched alkanes of at least 4 members (excludes halogenated alkanes) is 6. The van der Waals surface area contributed by atoms with E-state index in [1.54, 1.807) is 6.07 Å². The molecule has 0 atom stereocenters. The topological polar surface area (TPSA) is 53.4 Å². The summed E-state index contributed by atoms with van der Waals surface area (Å²) in [6, 6.07) is 3.05. The van der Waals surface area contributed by atoms with Gasteiger partial charge in [-0.3, -0.25) is 0 Å². The summed E-state index contributed by atoms with van der Waals surface area (Å²) in [6.45, 7) is 2.20. The SMILES string of the molecule is CCCCCCCCCc1ccc(B(O)O)c(F)n1. The summed E-state index contributed by atoms with van der Waals surface area (Å²) in [5.74, 6) is -0.782. The molecule has 0 radical (unpaired) electrons. The van der Waals surface area contributed by atoms with Crippen LogP contribution in [0.2, 0.25) is 0 Å². The first kappa shape index (κ1) is 16.1. The first-order valence-electron chi connectivity index (χ1n) is 7.16. The molecule has 0 saturated heterocycles. The van der Waals surface area contributed by atoms with Crippen LogP contribution < -0.4 is 5.46 Å². The van der Waals surface area contributed by atoms with Crippen molar-refractivity contribution >= 4 is 12.6 Å². The van der Waals surface area contributed by atoms with Gasteiger partial charge in [-0.1, -0.05) is 51.5 Å². The summed E-state index contributed by atoms with van der Waals surface area (Å²) < 4.78 is 13.4. The highest BCUT2D eigenvalue weighted by Gasteiger charge is 2.17. The number of aryl methyl sites for hydroxylation is 1. The summed E-state index contributed by atoms with van der Waals surface area (Å²) in [5, 5.41) is 17.8. The number of halogens is 1. The molecule has 19 heavy (non-hydrogen) atoms. The second kappa shape index (κ2) is 9.05. The third-order valence-electron chi connectivity index (χ3n) is 3.25. The number of pyridine rings is 1. The Bertz CT molecular complexity index is 374. The lowest BCUT2D eigenvalue weighted by Crippen LogP contribution is -2.33. The standard InChI is InChI=1S/C14H23BFNO2/c1-2-3-4-5-6-7-8-9-12-10-11-13(15(18)19)14(16)17-12/h10-11,18-19H,2-9H2,1H3. The van der Waals surface area contributed by atoms with Gasteiger partial charge in [-0.15, -0.1) is 0 Å². The third-order valence-corrected chi connectivity index (χ3v) is 3.25. The highest BCUT2D eigenvalue weighted by molar-refractivity contribution is 6.58. The third kappa shape index (κ3) is 6.16. The van der Waals surface area contributed by atoms with Crippen molar-refractivity contribution < 1.29 is 14.4 Å². The van der Waals surface area contributed by atoms with E-state index in [2.05, 4.69) is 11.9 Å². The molecule has 1 aromatic heterocycles. The van der Waals surface area contributed by atoms with Gasteiger partial charge in [0.25, 0.3) is 0 Å². The lowest BCUT2D eigenvalue weighted by molar-refractivity contribution is 0.421. The molecule has 3 nitrogen and oxygen atoms in total. The van der Waals surface area contributed by atoms with Crippen LogP contribution in [0.15, 0.2) is 12.1 Å². The van der Waals surface area contributed by atoms with Crippen LogP contribution in [0.5, 0.6) is 0 Å². The maximum absolute atomic E-state index is 13.4. The van der Waals surface area contributed by atoms with Crippen molar-refractivity contribution in [2.75, 3.05) is 0 Å². The van der Waals surface area contributed by atoms with Crippen LogP contribution in [0.25, 0.3) is 0 Å². The molecule has 1 rings (SSSR count). The molecule has 0 bridgehead atoms. The van der Waals surface area contributed by atoms with Crippen molar-refractivity contribution in [1.29, 1.82) is 0 Å². The molecule has 0 aromatic carbocycles. The van der Waals surface area contributed by atoms with Gasteiger partial charge in [-0.05, 0) is 18.9 Å². The van der Waals surface area contributed by atoms with E-state index in [0.717, 1.165) is 19.3 Å². The fourth-order valence-electron chi connectivity index (χ4n) is 2.08. The lowest BCUT2D eigenvalue weighted by Gasteiger charge is -2.05. The zero-order valence-corrected chi connectivity index (χ0v) is 11.6. The van der Waals surface area contributed by atoms with Crippen molar-refractivity contribution in [3.63, 3.8) is 0 Å². The molecule has 0 unspecified atom stereocenters. The highest BCUT2D eigenvalue weighted by atomic mass is 19.1. The van der Waals surface area contributed by atoms with Crippen molar-refractivity contribution in [2.45, 2.75) is 58.3 Å². The molecule has 0 aliphatic carbocycles. The molecule has 0 amide bonds. The summed E-state index contributed by atoms with van der Waals surface area (Å²) >= 11 is 0. The number of nitrogens with zero attached hydrogens (tertiary/aromatic N) is 1. The Morgan fingerprint density at radius 1 is 1.05 bits per heavy atom. The normalized spacial score (nSPS) is 10.7. The molecular formula is C14H23BFNO2. The molecule has 1 aromatic rings. The average molecular weight is 267 g/mol. The molecule has 0 saturated carbocycles. The number of aromatic nitrogens is 1. The van der Waals surface area contributed by atoms with Crippen LogP contribution >= 0.6 is 0 Å². The molecule has 0 spiro atoms. The van der Waals surface area contributed by atoms with Gasteiger partial charge in [0, 0.05) is 11.2 Å². The van der Waals surface area contributed by atoms with E-state index < -0.39 is 13.1 Å².